The molecule has 1 fully saturated rings. The summed E-state index contributed by atoms with van der Waals surface area (Å²) in [5.41, 5.74) is 0.931. The number of benzene rings is 2. The Morgan fingerprint density at radius 2 is 1.87 bits per heavy atom. The number of carbonyl (C=O) groups excluding carboxylic acids is 1. The molecule has 1 aliphatic rings. The predicted octanol–water partition coefficient (Wildman–Crippen LogP) is 4.19. The number of nitro groups is 1. The highest BCUT2D eigenvalue weighted by Gasteiger charge is 2.26. The molecule has 2 aromatic carbocycles. The molecule has 1 unspecified atom stereocenters. The lowest BCUT2D eigenvalue weighted by atomic mass is 10.1. The third kappa shape index (κ3) is 5.46. The number of hydrogen-bond donors (Lipinski definition) is 1. The second kappa shape index (κ2) is 9.70. The average Bonchev–Trinajstić information content (AvgIpc) is 2.71. The van der Waals surface area contributed by atoms with Crippen LogP contribution in [0.3, 0.4) is 0 Å². The van der Waals surface area contributed by atoms with Gasteiger partial charge in [0.2, 0.25) is 5.91 Å². The molecular formula is C20H21Cl2FN4O3. The Balaban J connectivity index is 1.56. The van der Waals surface area contributed by atoms with Crippen LogP contribution in [0.15, 0.2) is 36.4 Å². The second-order valence-electron chi connectivity index (χ2n) is 7.13. The number of hydrogen-bond acceptors (Lipinski definition) is 5. The summed E-state index contributed by atoms with van der Waals surface area (Å²) in [6.07, 6.45) is 0. The van der Waals surface area contributed by atoms with Gasteiger partial charge in [0.1, 0.15) is 5.82 Å². The molecule has 0 radical (unpaired) electrons. The van der Waals surface area contributed by atoms with Crippen molar-refractivity contribution >= 4 is 40.5 Å². The zero-order chi connectivity index (χ0) is 21.8. The molecule has 0 aliphatic carbocycles. The first-order valence-corrected chi connectivity index (χ1v) is 10.2. The molecule has 10 heteroatoms. The molecule has 1 saturated heterocycles. The van der Waals surface area contributed by atoms with E-state index in [0.717, 1.165) is 18.7 Å². The van der Waals surface area contributed by atoms with Crippen molar-refractivity contribution in [3.8, 4) is 0 Å². The first kappa shape index (κ1) is 22.4. The Hall–Kier alpha value is -2.26. The molecule has 2 aromatic rings. The third-order valence-electron chi connectivity index (χ3n) is 5.16. The Kier molecular flexibility index (Phi) is 7.25. The molecule has 0 saturated carbocycles. The summed E-state index contributed by atoms with van der Waals surface area (Å²) in [6, 6.07) is 7.87. The molecule has 0 spiro atoms. The van der Waals surface area contributed by atoms with Gasteiger partial charge in [0, 0.05) is 49.9 Å². The predicted molar refractivity (Wildman–Crippen MR) is 114 cm³/mol. The number of carbonyl (C=O) groups is 1. The zero-order valence-electron chi connectivity index (χ0n) is 16.3. The number of piperazine rings is 1. The van der Waals surface area contributed by atoms with Gasteiger partial charge in [0.05, 0.1) is 21.7 Å². The van der Waals surface area contributed by atoms with E-state index in [9.17, 15) is 19.3 Å². The van der Waals surface area contributed by atoms with Gasteiger partial charge in [-0.15, -0.1) is 0 Å². The van der Waals surface area contributed by atoms with E-state index >= 15 is 0 Å². The number of non-ortho nitro benzene ring substituents is 1. The Morgan fingerprint density at radius 3 is 2.50 bits per heavy atom. The van der Waals surface area contributed by atoms with E-state index in [1.165, 1.54) is 30.3 Å². The fourth-order valence-corrected chi connectivity index (χ4v) is 3.72. The molecule has 1 atom stereocenters. The Bertz CT molecular complexity index is 952. The molecule has 3 rings (SSSR count). The van der Waals surface area contributed by atoms with E-state index in [1.54, 1.807) is 13.0 Å². The van der Waals surface area contributed by atoms with Crippen LogP contribution in [0.4, 0.5) is 15.8 Å². The smallest absolute Gasteiger partial charge is 0.271 e. The van der Waals surface area contributed by atoms with E-state index in [2.05, 4.69) is 10.2 Å². The van der Waals surface area contributed by atoms with Crippen molar-refractivity contribution in [1.82, 2.24) is 9.80 Å². The first-order chi connectivity index (χ1) is 14.2. The molecule has 7 nitrogen and oxygen atoms in total. The highest BCUT2D eigenvalue weighted by Crippen LogP contribution is 2.27. The number of amides is 1. The minimum atomic E-state index is -0.540. The standard InChI is InChI=1S/C20H21Cl2FN4O3/c1-13(20(28)24-19-11-16(27(29)30)4-5-17(19)21)26-8-6-25(7-9-26)12-14-2-3-15(23)10-18(14)22/h2-5,10-11,13H,6-9,12H2,1H3,(H,24,28). The van der Waals surface area contributed by atoms with Crippen LogP contribution in [0.2, 0.25) is 10.0 Å². The largest absolute Gasteiger partial charge is 0.323 e. The lowest BCUT2D eigenvalue weighted by molar-refractivity contribution is -0.384. The second-order valence-corrected chi connectivity index (χ2v) is 7.95. The number of halogens is 3. The number of nitrogens with one attached hydrogen (secondary N) is 1. The topological polar surface area (TPSA) is 78.7 Å². The molecule has 1 amide bonds. The summed E-state index contributed by atoms with van der Waals surface area (Å²) in [6.45, 7) is 5.17. The van der Waals surface area contributed by atoms with Crippen LogP contribution in [-0.4, -0.2) is 52.9 Å². The van der Waals surface area contributed by atoms with Crippen molar-refractivity contribution < 1.29 is 14.1 Å². The van der Waals surface area contributed by atoms with Gasteiger partial charge in [-0.25, -0.2) is 4.39 Å². The minimum Gasteiger partial charge on any atom is -0.323 e. The van der Waals surface area contributed by atoms with E-state index in [-0.39, 0.29) is 28.1 Å². The van der Waals surface area contributed by atoms with Crippen LogP contribution in [0.1, 0.15) is 12.5 Å². The number of nitrogens with zero attached hydrogens (tertiary/aromatic N) is 3. The van der Waals surface area contributed by atoms with E-state index < -0.39 is 11.0 Å². The maximum absolute atomic E-state index is 13.2. The fourth-order valence-electron chi connectivity index (χ4n) is 3.33. The van der Waals surface area contributed by atoms with Crippen molar-refractivity contribution in [2.75, 3.05) is 31.5 Å². The van der Waals surface area contributed by atoms with Crippen molar-refractivity contribution in [3.05, 3.63) is 67.9 Å². The SMILES string of the molecule is CC(C(=O)Nc1cc([N+](=O)[O-])ccc1Cl)N1CCN(Cc2ccc(F)cc2Cl)CC1. The summed E-state index contributed by atoms with van der Waals surface area (Å²) in [7, 11) is 0. The summed E-state index contributed by atoms with van der Waals surface area (Å²) >= 11 is 12.2. The molecule has 1 N–H and O–H groups in total. The maximum atomic E-state index is 13.2. The quantitative estimate of drug-likeness (QED) is 0.522. The van der Waals surface area contributed by atoms with Gasteiger partial charge < -0.3 is 5.32 Å². The summed E-state index contributed by atoms with van der Waals surface area (Å²) in [4.78, 5) is 27.3. The van der Waals surface area contributed by atoms with Gasteiger partial charge in [-0.2, -0.15) is 0 Å². The molecule has 1 heterocycles. The first-order valence-electron chi connectivity index (χ1n) is 9.39. The summed E-state index contributed by atoms with van der Waals surface area (Å²) < 4.78 is 13.2. The van der Waals surface area contributed by atoms with Crippen LogP contribution in [0, 0.1) is 15.9 Å². The number of anilines is 1. The molecule has 1 aliphatic heterocycles. The number of rotatable bonds is 6. The van der Waals surface area contributed by atoms with Crippen molar-refractivity contribution in [2.24, 2.45) is 0 Å². The van der Waals surface area contributed by atoms with Gasteiger partial charge in [-0.1, -0.05) is 29.3 Å². The highest BCUT2D eigenvalue weighted by atomic mass is 35.5. The molecule has 160 valence electrons. The van der Waals surface area contributed by atoms with Crippen LogP contribution in [0.25, 0.3) is 0 Å². The zero-order valence-corrected chi connectivity index (χ0v) is 17.8. The van der Waals surface area contributed by atoms with E-state index in [0.29, 0.717) is 24.7 Å². The minimum absolute atomic E-state index is 0.143. The summed E-state index contributed by atoms with van der Waals surface area (Å²) in [5.74, 6) is -0.648. The molecule has 0 aromatic heterocycles. The monoisotopic (exact) mass is 454 g/mol. The Morgan fingerprint density at radius 1 is 1.17 bits per heavy atom. The molecule has 30 heavy (non-hydrogen) atoms. The van der Waals surface area contributed by atoms with Crippen molar-refractivity contribution in [3.63, 3.8) is 0 Å². The highest BCUT2D eigenvalue weighted by molar-refractivity contribution is 6.33. The van der Waals surface area contributed by atoms with Crippen LogP contribution in [-0.2, 0) is 11.3 Å². The lowest BCUT2D eigenvalue weighted by Gasteiger charge is -2.37. The van der Waals surface area contributed by atoms with Gasteiger partial charge in [0.15, 0.2) is 0 Å². The maximum Gasteiger partial charge on any atom is 0.271 e. The summed E-state index contributed by atoms with van der Waals surface area (Å²) in [5, 5.41) is 14.3. The van der Waals surface area contributed by atoms with Gasteiger partial charge in [-0.3, -0.25) is 24.7 Å². The number of nitro benzene ring substituents is 1. The fraction of sp³-hybridized carbons (Fsp3) is 0.350. The normalized spacial score (nSPS) is 16.3. The van der Waals surface area contributed by atoms with Crippen LogP contribution >= 0.6 is 23.2 Å². The van der Waals surface area contributed by atoms with Gasteiger partial charge >= 0.3 is 0 Å². The molecular weight excluding hydrogens is 434 g/mol. The van der Waals surface area contributed by atoms with Crippen LogP contribution < -0.4 is 5.32 Å². The van der Waals surface area contributed by atoms with Crippen LogP contribution in [0.5, 0.6) is 0 Å². The van der Waals surface area contributed by atoms with E-state index in [1.807, 2.05) is 4.90 Å². The third-order valence-corrected chi connectivity index (χ3v) is 5.84. The van der Waals surface area contributed by atoms with E-state index in [4.69, 9.17) is 23.2 Å². The van der Waals surface area contributed by atoms with Gasteiger partial charge in [0.25, 0.3) is 5.69 Å². The molecule has 0 bridgehead atoms. The van der Waals surface area contributed by atoms with Crippen molar-refractivity contribution in [2.45, 2.75) is 19.5 Å². The average molecular weight is 455 g/mol. The Labute approximate surface area is 183 Å². The lowest BCUT2D eigenvalue weighted by Crippen LogP contribution is -2.52. The van der Waals surface area contributed by atoms with Crippen molar-refractivity contribution in [1.29, 1.82) is 0 Å². The van der Waals surface area contributed by atoms with Gasteiger partial charge in [-0.05, 0) is 30.7 Å².